The van der Waals surface area contributed by atoms with Crippen LogP contribution in [0.25, 0.3) is 0 Å². The number of hydrogen-bond donors (Lipinski definition) is 0. The van der Waals surface area contributed by atoms with Gasteiger partial charge in [0.1, 0.15) is 18.1 Å². The number of carbonyl (C=O) groups is 1. The summed E-state index contributed by atoms with van der Waals surface area (Å²) in [6.07, 6.45) is 1.71. The van der Waals surface area contributed by atoms with E-state index in [4.69, 9.17) is 20.8 Å². The minimum Gasteiger partial charge on any atom is -0.479 e. The highest BCUT2D eigenvalue weighted by molar-refractivity contribution is 6.31. The first-order valence-electron chi connectivity index (χ1n) is 9.22. The second kappa shape index (κ2) is 9.00. The summed E-state index contributed by atoms with van der Waals surface area (Å²) in [5, 5.41) is 16.0. The number of halogens is 1. The molecule has 0 atom stereocenters. The lowest BCUT2D eigenvalue weighted by molar-refractivity contribution is -0.386. The molecule has 10 heteroatoms. The van der Waals surface area contributed by atoms with Crippen LogP contribution in [0, 0.1) is 17.0 Å². The van der Waals surface area contributed by atoms with Gasteiger partial charge in [-0.3, -0.25) is 19.6 Å². The van der Waals surface area contributed by atoms with Crippen molar-refractivity contribution in [1.29, 1.82) is 0 Å². The number of furan rings is 1. The van der Waals surface area contributed by atoms with E-state index < -0.39 is 4.92 Å². The number of rotatable bonds is 8. The zero-order valence-corrected chi connectivity index (χ0v) is 17.5. The third-order valence-electron chi connectivity index (χ3n) is 4.40. The summed E-state index contributed by atoms with van der Waals surface area (Å²) in [4.78, 5) is 24.8. The van der Waals surface area contributed by atoms with Crippen molar-refractivity contribution in [2.45, 2.75) is 33.5 Å². The van der Waals surface area contributed by atoms with Gasteiger partial charge < -0.3 is 14.1 Å². The van der Waals surface area contributed by atoms with Gasteiger partial charge in [0.25, 0.3) is 5.91 Å². The van der Waals surface area contributed by atoms with Crippen LogP contribution < -0.4 is 4.74 Å². The van der Waals surface area contributed by atoms with Gasteiger partial charge in [0.2, 0.25) is 0 Å². The molecule has 30 heavy (non-hydrogen) atoms. The van der Waals surface area contributed by atoms with E-state index >= 15 is 0 Å². The lowest BCUT2D eigenvalue weighted by Crippen LogP contribution is -2.26. The maximum atomic E-state index is 12.6. The fraction of sp³-hybridized carbons (Fsp3) is 0.300. The molecule has 2 aromatic heterocycles. The van der Waals surface area contributed by atoms with Gasteiger partial charge >= 0.3 is 5.69 Å². The molecule has 0 fully saturated rings. The molecule has 0 aliphatic heterocycles. The third-order valence-corrected chi connectivity index (χ3v) is 4.71. The van der Waals surface area contributed by atoms with Gasteiger partial charge in [-0.25, -0.2) is 0 Å². The molecule has 0 aliphatic rings. The summed E-state index contributed by atoms with van der Waals surface area (Å²) in [7, 11) is 1.62. The number of benzene rings is 1. The number of ether oxygens (including phenoxy) is 1. The largest absolute Gasteiger partial charge is 0.479 e. The highest BCUT2D eigenvalue weighted by atomic mass is 35.5. The van der Waals surface area contributed by atoms with Crippen molar-refractivity contribution in [3.8, 4) is 5.75 Å². The highest BCUT2D eigenvalue weighted by Gasteiger charge is 2.20. The molecule has 1 aromatic carbocycles. The van der Waals surface area contributed by atoms with Crippen molar-refractivity contribution in [3.63, 3.8) is 0 Å². The SMILES string of the molecule is CCn1cc(Cl)c(CN(C)C(=O)c2ccc(COc3ccc(C)cc3[N+](=O)[O-])o2)n1. The molecule has 1 amide bonds. The molecule has 0 saturated heterocycles. The van der Waals surface area contributed by atoms with Gasteiger partial charge in [0.05, 0.1) is 16.5 Å². The Morgan fingerprint density at radius 1 is 1.37 bits per heavy atom. The zero-order chi connectivity index (χ0) is 21.8. The molecule has 3 rings (SSSR count). The second-order valence-corrected chi connectivity index (χ2v) is 7.13. The molecule has 3 aromatic rings. The van der Waals surface area contributed by atoms with E-state index in [0.717, 1.165) is 5.56 Å². The first-order chi connectivity index (χ1) is 14.3. The summed E-state index contributed by atoms with van der Waals surface area (Å²) in [6, 6.07) is 7.83. The Morgan fingerprint density at radius 3 is 2.80 bits per heavy atom. The normalized spacial score (nSPS) is 10.8. The summed E-state index contributed by atoms with van der Waals surface area (Å²) >= 11 is 6.16. The summed E-state index contributed by atoms with van der Waals surface area (Å²) < 4.78 is 12.8. The van der Waals surface area contributed by atoms with E-state index in [9.17, 15) is 14.9 Å². The minimum absolute atomic E-state index is 0.0480. The number of nitro groups is 1. The Balaban J connectivity index is 1.65. The van der Waals surface area contributed by atoms with Gasteiger partial charge in [0.15, 0.2) is 11.5 Å². The molecule has 0 N–H and O–H groups in total. The van der Waals surface area contributed by atoms with E-state index in [2.05, 4.69) is 5.10 Å². The predicted octanol–water partition coefficient (Wildman–Crippen LogP) is 4.22. The van der Waals surface area contributed by atoms with Crippen LogP contribution in [0.1, 0.15) is 34.5 Å². The van der Waals surface area contributed by atoms with Crippen molar-refractivity contribution >= 4 is 23.2 Å². The Kier molecular flexibility index (Phi) is 6.41. The maximum absolute atomic E-state index is 12.6. The standard InChI is InChI=1S/C20H21ClN4O5/c1-4-24-10-15(21)16(22-24)11-23(3)20(26)19-8-6-14(30-19)12-29-18-7-5-13(2)9-17(18)25(27)28/h5-10H,4,11-12H2,1-3H3. The monoisotopic (exact) mass is 432 g/mol. The van der Waals surface area contributed by atoms with Crippen molar-refractivity contribution in [3.05, 3.63) is 74.4 Å². The van der Waals surface area contributed by atoms with Gasteiger partial charge in [-0.15, -0.1) is 0 Å². The van der Waals surface area contributed by atoms with Crippen LogP contribution in [0.3, 0.4) is 0 Å². The quantitative estimate of drug-likeness (QED) is 0.390. The molecule has 0 radical (unpaired) electrons. The first-order valence-corrected chi connectivity index (χ1v) is 9.60. The molecule has 0 bridgehead atoms. The molecule has 0 unspecified atom stereocenters. The van der Waals surface area contributed by atoms with Crippen molar-refractivity contribution in [2.24, 2.45) is 0 Å². The highest BCUT2D eigenvalue weighted by Crippen LogP contribution is 2.28. The second-order valence-electron chi connectivity index (χ2n) is 6.72. The lowest BCUT2D eigenvalue weighted by atomic mass is 10.2. The molecule has 158 valence electrons. The first kappa shape index (κ1) is 21.4. The van der Waals surface area contributed by atoms with Crippen molar-refractivity contribution in [2.75, 3.05) is 7.05 Å². The Labute approximate surface area is 177 Å². The molecular weight excluding hydrogens is 412 g/mol. The maximum Gasteiger partial charge on any atom is 0.311 e. The molecule has 0 aliphatic carbocycles. The minimum atomic E-state index is -0.501. The molecule has 2 heterocycles. The number of nitro benzene ring substituents is 1. The van der Waals surface area contributed by atoms with Crippen LogP contribution in [0.2, 0.25) is 5.02 Å². The van der Waals surface area contributed by atoms with Gasteiger partial charge in [-0.05, 0) is 37.6 Å². The average molecular weight is 433 g/mol. The zero-order valence-electron chi connectivity index (χ0n) is 16.8. The van der Waals surface area contributed by atoms with E-state index in [1.54, 1.807) is 37.0 Å². The fourth-order valence-electron chi connectivity index (χ4n) is 2.80. The van der Waals surface area contributed by atoms with E-state index in [-0.39, 0.29) is 36.3 Å². The summed E-state index contributed by atoms with van der Waals surface area (Å²) in [5.74, 6) is 0.285. The van der Waals surface area contributed by atoms with Gasteiger partial charge in [-0.1, -0.05) is 17.7 Å². The van der Waals surface area contributed by atoms with Crippen LogP contribution in [-0.4, -0.2) is 32.6 Å². The number of hydrogen-bond acceptors (Lipinski definition) is 6. The number of amides is 1. The molecule has 0 spiro atoms. The third kappa shape index (κ3) is 4.80. The molecule has 9 nitrogen and oxygen atoms in total. The van der Waals surface area contributed by atoms with Gasteiger partial charge in [0, 0.05) is 25.9 Å². The van der Waals surface area contributed by atoms with Crippen LogP contribution in [0.4, 0.5) is 5.69 Å². The van der Waals surface area contributed by atoms with Crippen LogP contribution in [0.15, 0.2) is 40.9 Å². The smallest absolute Gasteiger partial charge is 0.311 e. The van der Waals surface area contributed by atoms with E-state index in [1.807, 2.05) is 6.92 Å². The van der Waals surface area contributed by atoms with Crippen LogP contribution in [-0.2, 0) is 19.7 Å². The topological polar surface area (TPSA) is 104 Å². The Morgan fingerprint density at radius 2 is 2.13 bits per heavy atom. The van der Waals surface area contributed by atoms with Crippen molar-refractivity contribution < 1.29 is 18.9 Å². The van der Waals surface area contributed by atoms with E-state index in [0.29, 0.717) is 23.0 Å². The van der Waals surface area contributed by atoms with E-state index in [1.165, 1.54) is 23.1 Å². The predicted molar refractivity (Wildman–Crippen MR) is 110 cm³/mol. The number of nitrogens with zero attached hydrogens (tertiary/aromatic N) is 4. The Hall–Kier alpha value is -3.33. The van der Waals surface area contributed by atoms with Crippen LogP contribution in [0.5, 0.6) is 5.75 Å². The summed E-state index contributed by atoms with van der Waals surface area (Å²) in [6.45, 7) is 4.57. The lowest BCUT2D eigenvalue weighted by Gasteiger charge is -2.14. The number of carbonyl (C=O) groups excluding carboxylic acids is 1. The summed E-state index contributed by atoms with van der Waals surface area (Å²) in [5.41, 5.74) is 1.23. The van der Waals surface area contributed by atoms with Gasteiger partial charge in [-0.2, -0.15) is 5.10 Å². The van der Waals surface area contributed by atoms with Crippen molar-refractivity contribution in [1.82, 2.24) is 14.7 Å². The Bertz CT molecular complexity index is 1080. The molecular formula is C20H21ClN4O5. The average Bonchev–Trinajstić information content (AvgIpc) is 3.33. The van der Waals surface area contributed by atoms with Crippen LogP contribution >= 0.6 is 11.6 Å². The fourth-order valence-corrected chi connectivity index (χ4v) is 3.01. The number of aryl methyl sites for hydroxylation is 2. The molecule has 0 saturated carbocycles. The number of aromatic nitrogens is 2.